The van der Waals surface area contributed by atoms with Crippen LogP contribution < -0.4 is 10.6 Å². The number of anilines is 1. The number of rotatable bonds is 8. The van der Waals surface area contributed by atoms with Crippen molar-refractivity contribution in [2.75, 3.05) is 38.7 Å². The zero-order valence-electron chi connectivity index (χ0n) is 17.4. The van der Waals surface area contributed by atoms with Gasteiger partial charge in [0.1, 0.15) is 0 Å². The molecule has 31 heavy (non-hydrogen) atoms. The lowest BCUT2D eigenvalue weighted by Gasteiger charge is -2.31. The lowest BCUT2D eigenvalue weighted by atomic mass is 9.98. The molecule has 9 heteroatoms. The van der Waals surface area contributed by atoms with Crippen LogP contribution in [0.4, 0.5) is 5.69 Å². The van der Waals surface area contributed by atoms with Gasteiger partial charge in [-0.15, -0.1) is 0 Å². The first-order valence-electron chi connectivity index (χ1n) is 10.2. The van der Waals surface area contributed by atoms with E-state index in [1.165, 1.54) is 4.31 Å². The molecule has 0 unspecified atom stereocenters. The predicted octanol–water partition coefficient (Wildman–Crippen LogP) is 2.10. The molecule has 0 bridgehead atoms. The molecule has 1 fully saturated rings. The minimum absolute atomic E-state index is 0.102. The van der Waals surface area contributed by atoms with E-state index in [4.69, 9.17) is 4.74 Å². The molecule has 0 spiro atoms. The third-order valence-electron chi connectivity index (χ3n) is 5.16. The van der Waals surface area contributed by atoms with Gasteiger partial charge in [-0.3, -0.25) is 9.59 Å². The van der Waals surface area contributed by atoms with Crippen molar-refractivity contribution in [1.29, 1.82) is 0 Å². The topological polar surface area (TPSA) is 105 Å². The molecule has 0 radical (unpaired) electrons. The van der Waals surface area contributed by atoms with Crippen molar-refractivity contribution in [1.82, 2.24) is 9.62 Å². The number of ether oxygens (including phenoxy) is 1. The fourth-order valence-electron chi connectivity index (χ4n) is 3.50. The minimum atomic E-state index is -3.66. The highest BCUT2D eigenvalue weighted by Gasteiger charge is 2.33. The van der Waals surface area contributed by atoms with Gasteiger partial charge in [-0.25, -0.2) is 8.42 Å². The van der Waals surface area contributed by atoms with E-state index in [0.717, 1.165) is 0 Å². The molecule has 166 valence electrons. The summed E-state index contributed by atoms with van der Waals surface area (Å²) in [6.45, 7) is 1.21. The van der Waals surface area contributed by atoms with E-state index in [-0.39, 0.29) is 23.3 Å². The van der Waals surface area contributed by atoms with E-state index in [9.17, 15) is 18.0 Å². The number of hydrogen-bond donors (Lipinski definition) is 2. The van der Waals surface area contributed by atoms with Crippen molar-refractivity contribution >= 4 is 27.5 Å². The molecule has 1 atom stereocenters. The number of carbonyl (C=O) groups is 2. The number of hydrogen-bond acceptors (Lipinski definition) is 5. The number of nitrogens with one attached hydrogen (secondary N) is 2. The Morgan fingerprint density at radius 3 is 2.55 bits per heavy atom. The van der Waals surface area contributed by atoms with Crippen molar-refractivity contribution in [2.24, 2.45) is 5.92 Å². The van der Waals surface area contributed by atoms with Crippen LogP contribution in [-0.2, 0) is 19.6 Å². The van der Waals surface area contributed by atoms with Crippen LogP contribution in [0.2, 0.25) is 0 Å². The van der Waals surface area contributed by atoms with Gasteiger partial charge < -0.3 is 15.4 Å². The van der Waals surface area contributed by atoms with Crippen LogP contribution in [0.15, 0.2) is 59.5 Å². The van der Waals surface area contributed by atoms with Gasteiger partial charge in [0.05, 0.1) is 28.7 Å². The molecule has 0 aromatic heterocycles. The number of methoxy groups -OCH3 is 1. The molecular weight excluding hydrogens is 418 g/mol. The van der Waals surface area contributed by atoms with Crippen molar-refractivity contribution in [2.45, 2.75) is 17.7 Å². The Bertz CT molecular complexity index is 1010. The van der Waals surface area contributed by atoms with Crippen LogP contribution in [0.25, 0.3) is 0 Å². The largest absolute Gasteiger partial charge is 0.383 e. The number of sulfonamides is 1. The second kappa shape index (κ2) is 10.5. The Labute approximate surface area is 182 Å². The third kappa shape index (κ3) is 5.69. The maximum Gasteiger partial charge on any atom is 0.253 e. The average molecular weight is 446 g/mol. The first kappa shape index (κ1) is 22.9. The quantitative estimate of drug-likeness (QED) is 0.606. The highest BCUT2D eigenvalue weighted by molar-refractivity contribution is 7.89. The van der Waals surface area contributed by atoms with Crippen molar-refractivity contribution in [3.63, 3.8) is 0 Å². The zero-order valence-corrected chi connectivity index (χ0v) is 18.2. The highest BCUT2D eigenvalue weighted by Crippen LogP contribution is 2.25. The molecule has 1 aliphatic rings. The predicted molar refractivity (Wildman–Crippen MR) is 117 cm³/mol. The number of benzene rings is 2. The number of amides is 2. The number of piperidine rings is 1. The zero-order chi connectivity index (χ0) is 22.3. The molecular formula is C22H27N3O5S. The number of carbonyl (C=O) groups excluding carboxylic acids is 2. The maximum atomic E-state index is 12.9. The van der Waals surface area contributed by atoms with Crippen LogP contribution in [0.5, 0.6) is 0 Å². The monoisotopic (exact) mass is 445 g/mol. The second-order valence-corrected chi connectivity index (χ2v) is 9.24. The van der Waals surface area contributed by atoms with Gasteiger partial charge in [0, 0.05) is 26.7 Å². The summed E-state index contributed by atoms with van der Waals surface area (Å²) in [5, 5.41) is 5.55. The van der Waals surface area contributed by atoms with E-state index >= 15 is 0 Å². The lowest BCUT2D eigenvalue weighted by Crippen LogP contribution is -2.43. The van der Waals surface area contributed by atoms with E-state index in [1.54, 1.807) is 61.7 Å². The molecule has 1 heterocycles. The lowest BCUT2D eigenvalue weighted by molar-refractivity contribution is -0.120. The molecule has 3 rings (SSSR count). The van der Waals surface area contributed by atoms with Gasteiger partial charge in [0.15, 0.2) is 0 Å². The highest BCUT2D eigenvalue weighted by atomic mass is 32.2. The van der Waals surface area contributed by atoms with E-state index in [2.05, 4.69) is 10.6 Å². The van der Waals surface area contributed by atoms with Gasteiger partial charge >= 0.3 is 0 Å². The van der Waals surface area contributed by atoms with Crippen LogP contribution >= 0.6 is 0 Å². The summed E-state index contributed by atoms with van der Waals surface area (Å²) >= 11 is 0. The second-order valence-electron chi connectivity index (χ2n) is 7.30. The van der Waals surface area contributed by atoms with E-state index in [1.807, 2.05) is 0 Å². The standard InChI is InChI=1S/C22H27N3O5S/c1-30-15-13-23-22(27)19-11-5-6-12-20(19)24-21(26)17-8-7-14-25(16-17)31(28,29)18-9-3-2-4-10-18/h2-6,9-12,17H,7-8,13-16H2,1H3,(H,23,27)(H,24,26)/t17-/m1/s1. The number of nitrogens with zero attached hydrogens (tertiary/aromatic N) is 1. The Hall–Kier alpha value is -2.75. The summed E-state index contributed by atoms with van der Waals surface area (Å²) in [5.74, 6) is -1.12. The van der Waals surface area contributed by atoms with Crippen molar-refractivity contribution in [3.05, 3.63) is 60.2 Å². The van der Waals surface area contributed by atoms with Gasteiger partial charge in [-0.2, -0.15) is 4.31 Å². The van der Waals surface area contributed by atoms with Crippen molar-refractivity contribution < 1.29 is 22.7 Å². The van der Waals surface area contributed by atoms with Crippen LogP contribution in [-0.4, -0.2) is 57.9 Å². The Morgan fingerprint density at radius 2 is 1.81 bits per heavy atom. The minimum Gasteiger partial charge on any atom is -0.383 e. The summed E-state index contributed by atoms with van der Waals surface area (Å²) in [5.41, 5.74) is 0.738. The Kier molecular flexibility index (Phi) is 7.78. The summed E-state index contributed by atoms with van der Waals surface area (Å²) in [6.07, 6.45) is 1.16. The molecule has 0 aliphatic carbocycles. The molecule has 2 N–H and O–H groups in total. The Morgan fingerprint density at radius 1 is 1.10 bits per heavy atom. The maximum absolute atomic E-state index is 12.9. The summed E-state index contributed by atoms with van der Waals surface area (Å²) < 4.78 is 32.1. The fraction of sp³-hybridized carbons (Fsp3) is 0.364. The third-order valence-corrected chi connectivity index (χ3v) is 7.04. The first-order valence-corrected chi connectivity index (χ1v) is 11.6. The van der Waals surface area contributed by atoms with Crippen LogP contribution in [0.3, 0.4) is 0 Å². The first-order chi connectivity index (χ1) is 14.9. The smallest absolute Gasteiger partial charge is 0.253 e. The summed E-state index contributed by atoms with van der Waals surface area (Å²) in [4.78, 5) is 25.6. The average Bonchev–Trinajstić information content (AvgIpc) is 2.80. The van der Waals surface area contributed by atoms with E-state index in [0.29, 0.717) is 43.8 Å². The molecule has 8 nitrogen and oxygen atoms in total. The normalized spacial score (nSPS) is 17.1. The summed E-state index contributed by atoms with van der Waals surface area (Å²) in [6, 6.07) is 15.0. The molecule has 2 aromatic carbocycles. The van der Waals surface area contributed by atoms with Crippen LogP contribution in [0.1, 0.15) is 23.2 Å². The van der Waals surface area contributed by atoms with Gasteiger partial charge in [0.25, 0.3) is 5.91 Å². The fourth-order valence-corrected chi connectivity index (χ4v) is 5.05. The molecule has 1 aliphatic heterocycles. The molecule has 1 saturated heterocycles. The van der Waals surface area contributed by atoms with Gasteiger partial charge in [0.2, 0.25) is 15.9 Å². The van der Waals surface area contributed by atoms with Gasteiger partial charge in [-0.1, -0.05) is 30.3 Å². The Balaban J connectivity index is 1.69. The van der Waals surface area contributed by atoms with E-state index < -0.39 is 15.9 Å². The van der Waals surface area contributed by atoms with Crippen LogP contribution in [0, 0.1) is 5.92 Å². The summed E-state index contributed by atoms with van der Waals surface area (Å²) in [7, 11) is -2.11. The van der Waals surface area contributed by atoms with Gasteiger partial charge in [-0.05, 0) is 37.1 Å². The van der Waals surface area contributed by atoms with Crippen molar-refractivity contribution in [3.8, 4) is 0 Å². The SMILES string of the molecule is COCCNC(=O)c1ccccc1NC(=O)[C@@H]1CCCN(S(=O)(=O)c2ccccc2)C1. The number of para-hydroxylation sites is 1. The molecule has 2 amide bonds. The molecule has 2 aromatic rings. The molecule has 0 saturated carbocycles.